The lowest BCUT2D eigenvalue weighted by molar-refractivity contribution is 0.405. The zero-order valence-electron chi connectivity index (χ0n) is 10.9. The Balaban J connectivity index is 2.58. The van der Waals surface area contributed by atoms with E-state index in [2.05, 4.69) is 5.10 Å². The van der Waals surface area contributed by atoms with Crippen molar-refractivity contribution in [3.05, 3.63) is 34.1 Å². The Morgan fingerprint density at radius 2 is 2.11 bits per heavy atom. The zero-order valence-corrected chi connectivity index (χ0v) is 11.7. The van der Waals surface area contributed by atoms with Gasteiger partial charge in [-0.05, 0) is 25.3 Å². The van der Waals surface area contributed by atoms with Crippen molar-refractivity contribution in [2.45, 2.75) is 11.8 Å². The molecule has 0 saturated heterocycles. The average molecular weight is 264 g/mol. The Morgan fingerprint density at radius 3 is 2.61 bits per heavy atom. The van der Waals surface area contributed by atoms with E-state index < -0.39 is 0 Å². The molecule has 0 unspecified atom stereocenters. The Kier molecular flexibility index (Phi) is 3.52. The summed E-state index contributed by atoms with van der Waals surface area (Å²) in [6, 6.07) is 5.94. The quantitative estimate of drug-likeness (QED) is 0.866. The van der Waals surface area contributed by atoms with Crippen molar-refractivity contribution in [3.63, 3.8) is 0 Å². The lowest BCUT2D eigenvalue weighted by Gasteiger charge is -2.08. The third-order valence-corrected chi connectivity index (χ3v) is 3.73. The van der Waals surface area contributed by atoms with Gasteiger partial charge in [0.25, 0.3) is 5.56 Å². The van der Waals surface area contributed by atoms with E-state index in [9.17, 15) is 4.79 Å². The third-order valence-electron chi connectivity index (χ3n) is 2.95. The van der Waals surface area contributed by atoms with Gasteiger partial charge in [-0.15, -0.1) is 11.8 Å². The van der Waals surface area contributed by atoms with Gasteiger partial charge in [-0.1, -0.05) is 6.07 Å². The van der Waals surface area contributed by atoms with E-state index in [1.165, 1.54) is 4.68 Å². The number of nitrogens with zero attached hydrogens (tertiary/aromatic N) is 1. The summed E-state index contributed by atoms with van der Waals surface area (Å²) in [7, 11) is 3.37. The van der Waals surface area contributed by atoms with Gasteiger partial charge in [-0.3, -0.25) is 14.6 Å². The molecule has 0 aliphatic heterocycles. The van der Waals surface area contributed by atoms with Crippen molar-refractivity contribution < 1.29 is 4.74 Å². The fraction of sp³-hybridized carbons (Fsp3) is 0.308. The van der Waals surface area contributed by atoms with Crippen LogP contribution in [0.1, 0.15) is 5.56 Å². The van der Waals surface area contributed by atoms with Gasteiger partial charge < -0.3 is 4.74 Å². The van der Waals surface area contributed by atoms with Crippen LogP contribution in [0.15, 0.2) is 27.9 Å². The first-order valence-electron chi connectivity index (χ1n) is 5.56. The van der Waals surface area contributed by atoms with Gasteiger partial charge in [0, 0.05) is 23.1 Å². The lowest BCUT2D eigenvalue weighted by Crippen LogP contribution is -2.12. The number of ether oxygens (including phenoxy) is 1. The van der Waals surface area contributed by atoms with Crippen molar-refractivity contribution in [1.82, 2.24) is 9.78 Å². The number of hydrogen-bond acceptors (Lipinski definition) is 3. The highest BCUT2D eigenvalue weighted by atomic mass is 32.2. The Labute approximate surface area is 110 Å². The van der Waals surface area contributed by atoms with Gasteiger partial charge in [-0.25, -0.2) is 0 Å². The maximum atomic E-state index is 11.7. The van der Waals surface area contributed by atoms with Crippen LogP contribution in [0.3, 0.4) is 0 Å². The van der Waals surface area contributed by atoms with Gasteiger partial charge in [0.15, 0.2) is 0 Å². The number of benzene rings is 1. The highest BCUT2D eigenvalue weighted by molar-refractivity contribution is 7.98. The summed E-state index contributed by atoms with van der Waals surface area (Å²) in [6.07, 6.45) is 2.01. The normalized spacial score (nSPS) is 10.7. The minimum absolute atomic E-state index is 0.00194. The van der Waals surface area contributed by atoms with Crippen LogP contribution in [-0.4, -0.2) is 23.1 Å². The molecule has 1 aromatic heterocycles. The van der Waals surface area contributed by atoms with E-state index in [1.54, 1.807) is 25.9 Å². The maximum Gasteiger partial charge on any atom is 0.269 e. The Morgan fingerprint density at radius 1 is 1.39 bits per heavy atom. The first kappa shape index (κ1) is 12.8. The predicted molar refractivity (Wildman–Crippen MR) is 74.5 cm³/mol. The molecule has 0 atom stereocenters. The Hall–Kier alpha value is -1.62. The van der Waals surface area contributed by atoms with Crippen LogP contribution in [0, 0.1) is 6.92 Å². The van der Waals surface area contributed by atoms with Crippen LogP contribution in [-0.2, 0) is 7.05 Å². The number of aromatic nitrogens is 2. The molecule has 0 saturated carbocycles. The van der Waals surface area contributed by atoms with Crippen LogP contribution in [0.25, 0.3) is 11.3 Å². The first-order valence-corrected chi connectivity index (χ1v) is 6.79. The second kappa shape index (κ2) is 4.94. The van der Waals surface area contributed by atoms with Gasteiger partial charge in [0.1, 0.15) is 5.75 Å². The molecular formula is C13H16N2O2S. The summed E-state index contributed by atoms with van der Waals surface area (Å²) >= 11 is 1.63. The number of thioether (sulfide) groups is 1. The highest BCUT2D eigenvalue weighted by Gasteiger charge is 2.12. The minimum atomic E-state index is -0.00194. The van der Waals surface area contributed by atoms with Gasteiger partial charge in [0.05, 0.1) is 12.8 Å². The van der Waals surface area contributed by atoms with E-state index in [0.29, 0.717) is 0 Å². The molecule has 0 bridgehead atoms. The Bertz CT molecular complexity index is 628. The molecule has 0 fully saturated rings. The maximum absolute atomic E-state index is 11.7. The standard InChI is InChI=1S/C13H16N2O2S/c1-8-12(14-15(2)13(8)16)9-5-6-11(18-4)10(7-9)17-3/h5-7,14H,1-4H3. The molecular weight excluding hydrogens is 248 g/mol. The van der Waals surface area contributed by atoms with Crippen molar-refractivity contribution in [1.29, 1.82) is 0 Å². The molecule has 18 heavy (non-hydrogen) atoms. The number of H-pyrrole nitrogens is 1. The van der Waals surface area contributed by atoms with E-state index in [-0.39, 0.29) is 5.56 Å². The topological polar surface area (TPSA) is 47.0 Å². The first-order chi connectivity index (χ1) is 8.58. The summed E-state index contributed by atoms with van der Waals surface area (Å²) < 4.78 is 6.84. The smallest absolute Gasteiger partial charge is 0.269 e. The highest BCUT2D eigenvalue weighted by Crippen LogP contribution is 2.32. The number of hydrogen-bond donors (Lipinski definition) is 1. The second-order valence-electron chi connectivity index (χ2n) is 4.05. The SMILES string of the molecule is COc1cc(-c2[nH]n(C)c(=O)c2C)ccc1SC. The number of rotatable bonds is 3. The van der Waals surface area contributed by atoms with Crippen LogP contribution >= 0.6 is 11.8 Å². The summed E-state index contributed by atoms with van der Waals surface area (Å²) in [5, 5.41) is 3.06. The summed E-state index contributed by atoms with van der Waals surface area (Å²) in [5.41, 5.74) is 2.52. The van der Waals surface area contributed by atoms with Crippen molar-refractivity contribution >= 4 is 11.8 Å². The number of aryl methyl sites for hydroxylation is 1. The van der Waals surface area contributed by atoms with Crippen molar-refractivity contribution in [2.75, 3.05) is 13.4 Å². The fourth-order valence-corrected chi connectivity index (χ4v) is 2.48. The lowest BCUT2D eigenvalue weighted by atomic mass is 10.1. The largest absolute Gasteiger partial charge is 0.496 e. The number of methoxy groups -OCH3 is 1. The second-order valence-corrected chi connectivity index (χ2v) is 4.89. The molecule has 0 amide bonds. The number of nitrogens with one attached hydrogen (secondary N) is 1. The minimum Gasteiger partial charge on any atom is -0.496 e. The molecule has 4 nitrogen and oxygen atoms in total. The summed E-state index contributed by atoms with van der Waals surface area (Å²) in [6.45, 7) is 1.82. The average Bonchev–Trinajstić information content (AvgIpc) is 2.65. The molecule has 2 aromatic rings. The van der Waals surface area contributed by atoms with Crippen LogP contribution in [0.5, 0.6) is 5.75 Å². The predicted octanol–water partition coefficient (Wildman–Crippen LogP) is 2.42. The van der Waals surface area contributed by atoms with Crippen LogP contribution < -0.4 is 10.3 Å². The van der Waals surface area contributed by atoms with E-state index in [4.69, 9.17) is 4.74 Å². The van der Waals surface area contributed by atoms with E-state index in [1.807, 2.05) is 31.4 Å². The third kappa shape index (κ3) is 2.06. The van der Waals surface area contributed by atoms with Gasteiger partial charge in [-0.2, -0.15) is 0 Å². The molecule has 2 rings (SSSR count). The monoisotopic (exact) mass is 264 g/mol. The summed E-state index contributed by atoms with van der Waals surface area (Å²) in [5.74, 6) is 0.823. The van der Waals surface area contributed by atoms with Crippen LogP contribution in [0.4, 0.5) is 0 Å². The molecule has 0 aliphatic rings. The molecule has 0 spiro atoms. The molecule has 1 aromatic carbocycles. The van der Waals surface area contributed by atoms with E-state index >= 15 is 0 Å². The molecule has 0 aliphatic carbocycles. The fourth-order valence-electron chi connectivity index (χ4n) is 1.93. The summed E-state index contributed by atoms with van der Waals surface area (Å²) in [4.78, 5) is 12.8. The molecule has 1 heterocycles. The molecule has 5 heteroatoms. The molecule has 1 N–H and O–H groups in total. The molecule has 96 valence electrons. The zero-order chi connectivity index (χ0) is 13.3. The molecule has 0 radical (unpaired) electrons. The van der Waals surface area contributed by atoms with Crippen molar-refractivity contribution in [3.8, 4) is 17.0 Å². The van der Waals surface area contributed by atoms with Crippen LogP contribution in [0.2, 0.25) is 0 Å². The van der Waals surface area contributed by atoms with E-state index in [0.717, 1.165) is 27.5 Å². The number of aromatic amines is 1. The van der Waals surface area contributed by atoms with Gasteiger partial charge in [0.2, 0.25) is 0 Å². The van der Waals surface area contributed by atoms with Gasteiger partial charge >= 0.3 is 0 Å². The van der Waals surface area contributed by atoms with Crippen molar-refractivity contribution in [2.24, 2.45) is 7.05 Å².